The number of carbonyl (C=O) groups is 1. The van der Waals surface area contributed by atoms with Crippen molar-refractivity contribution in [2.75, 3.05) is 5.32 Å². The average molecular weight is 359 g/mol. The second-order valence-electron chi connectivity index (χ2n) is 6.43. The van der Waals surface area contributed by atoms with Crippen molar-refractivity contribution in [3.05, 3.63) is 47.0 Å². The number of ketones is 1. The van der Waals surface area contributed by atoms with Crippen molar-refractivity contribution in [3.63, 3.8) is 0 Å². The number of Topliss-reactive ketones (excluding diaryl/α,β-unsaturated/α-hetero) is 1. The summed E-state index contributed by atoms with van der Waals surface area (Å²) in [6.45, 7) is 3.85. The Morgan fingerprint density at radius 1 is 1.25 bits per heavy atom. The molecule has 0 bridgehead atoms. The van der Waals surface area contributed by atoms with Crippen LogP contribution >= 0.6 is 22.9 Å². The molecule has 1 aromatic heterocycles. The molecule has 4 nitrogen and oxygen atoms in total. The highest BCUT2D eigenvalue weighted by molar-refractivity contribution is 7.22. The molecule has 2 heterocycles. The van der Waals surface area contributed by atoms with E-state index in [2.05, 4.69) is 10.3 Å². The lowest BCUT2D eigenvalue weighted by Gasteiger charge is -2.31. The molecule has 122 valence electrons. The van der Waals surface area contributed by atoms with Crippen molar-refractivity contribution >= 4 is 49.8 Å². The lowest BCUT2D eigenvalue weighted by Crippen LogP contribution is -2.35. The summed E-state index contributed by atoms with van der Waals surface area (Å²) in [5, 5.41) is 4.71. The standard InChI is InChI=1S/C18H15ClN2O2S/c1-18(2)9-14(22)12-8-11(4-6-15(12)23-18)20-17-21-13-5-3-10(19)7-16(13)24-17/h3-8H,9H2,1-2H3,(H,20,21). The fourth-order valence-corrected chi connectivity index (χ4v) is 3.97. The number of anilines is 2. The van der Waals surface area contributed by atoms with Crippen LogP contribution in [0.2, 0.25) is 5.02 Å². The smallest absolute Gasteiger partial charge is 0.188 e. The fraction of sp³-hybridized carbons (Fsp3) is 0.222. The Morgan fingerprint density at radius 2 is 2.08 bits per heavy atom. The van der Waals surface area contributed by atoms with Gasteiger partial charge in [-0.1, -0.05) is 22.9 Å². The number of rotatable bonds is 2. The van der Waals surface area contributed by atoms with Gasteiger partial charge < -0.3 is 10.1 Å². The molecule has 0 amide bonds. The summed E-state index contributed by atoms with van der Waals surface area (Å²) < 4.78 is 6.90. The van der Waals surface area contributed by atoms with Crippen molar-refractivity contribution in [1.82, 2.24) is 4.98 Å². The van der Waals surface area contributed by atoms with Gasteiger partial charge in [0.2, 0.25) is 0 Å². The van der Waals surface area contributed by atoms with Crippen molar-refractivity contribution in [2.24, 2.45) is 0 Å². The Hall–Kier alpha value is -2.11. The van der Waals surface area contributed by atoms with Crippen LogP contribution in [0.15, 0.2) is 36.4 Å². The molecule has 1 N–H and O–H groups in total. The second-order valence-corrected chi connectivity index (χ2v) is 7.90. The lowest BCUT2D eigenvalue weighted by atomic mass is 9.93. The Morgan fingerprint density at radius 3 is 2.92 bits per heavy atom. The average Bonchev–Trinajstić information content (AvgIpc) is 2.88. The lowest BCUT2D eigenvalue weighted by molar-refractivity contribution is 0.0620. The van der Waals surface area contributed by atoms with E-state index in [1.807, 2.05) is 50.2 Å². The molecular formula is C18H15ClN2O2S. The Bertz CT molecular complexity index is 965. The van der Waals surface area contributed by atoms with Crippen LogP contribution in [0.4, 0.5) is 10.8 Å². The van der Waals surface area contributed by atoms with E-state index >= 15 is 0 Å². The number of nitrogens with one attached hydrogen (secondary N) is 1. The van der Waals surface area contributed by atoms with Gasteiger partial charge in [-0.2, -0.15) is 0 Å². The molecule has 1 aliphatic heterocycles. The summed E-state index contributed by atoms with van der Waals surface area (Å²) >= 11 is 7.54. The van der Waals surface area contributed by atoms with Gasteiger partial charge in [-0.15, -0.1) is 0 Å². The molecule has 4 rings (SSSR count). The molecule has 2 aromatic carbocycles. The third-order valence-corrected chi connectivity index (χ3v) is 5.02. The third kappa shape index (κ3) is 2.85. The highest BCUT2D eigenvalue weighted by Gasteiger charge is 2.32. The van der Waals surface area contributed by atoms with Gasteiger partial charge in [0.15, 0.2) is 10.9 Å². The van der Waals surface area contributed by atoms with Crippen LogP contribution in [0.3, 0.4) is 0 Å². The van der Waals surface area contributed by atoms with Crippen molar-refractivity contribution in [1.29, 1.82) is 0 Å². The first-order valence-electron chi connectivity index (χ1n) is 7.59. The van der Waals surface area contributed by atoms with E-state index in [1.54, 1.807) is 0 Å². The molecular weight excluding hydrogens is 344 g/mol. The molecule has 0 saturated heterocycles. The van der Waals surface area contributed by atoms with Crippen LogP contribution in [0.1, 0.15) is 30.6 Å². The summed E-state index contributed by atoms with van der Waals surface area (Å²) in [7, 11) is 0. The van der Waals surface area contributed by atoms with Gasteiger partial charge in [-0.05, 0) is 50.2 Å². The molecule has 0 aliphatic carbocycles. The van der Waals surface area contributed by atoms with Gasteiger partial charge in [-0.25, -0.2) is 4.98 Å². The van der Waals surface area contributed by atoms with Crippen molar-refractivity contribution in [3.8, 4) is 5.75 Å². The van der Waals surface area contributed by atoms with Crippen LogP contribution in [-0.2, 0) is 0 Å². The van der Waals surface area contributed by atoms with Gasteiger partial charge >= 0.3 is 0 Å². The minimum absolute atomic E-state index is 0.0981. The van der Waals surface area contributed by atoms with Gasteiger partial charge in [0.25, 0.3) is 0 Å². The predicted molar refractivity (Wildman–Crippen MR) is 98.0 cm³/mol. The van der Waals surface area contributed by atoms with Crippen LogP contribution < -0.4 is 10.1 Å². The van der Waals surface area contributed by atoms with Gasteiger partial charge in [-0.3, -0.25) is 4.79 Å². The minimum Gasteiger partial charge on any atom is -0.487 e. The second kappa shape index (κ2) is 5.46. The number of nitrogens with zero attached hydrogens (tertiary/aromatic N) is 1. The van der Waals surface area contributed by atoms with Crippen LogP contribution in [-0.4, -0.2) is 16.4 Å². The first-order chi connectivity index (χ1) is 11.4. The fourth-order valence-electron chi connectivity index (χ4n) is 2.81. The Labute approximate surface area is 148 Å². The number of ether oxygens (including phenoxy) is 1. The third-order valence-electron chi connectivity index (χ3n) is 3.85. The molecule has 0 radical (unpaired) electrons. The van der Waals surface area contributed by atoms with Gasteiger partial charge in [0.05, 0.1) is 22.2 Å². The highest BCUT2D eigenvalue weighted by Crippen LogP contribution is 2.36. The molecule has 24 heavy (non-hydrogen) atoms. The molecule has 0 unspecified atom stereocenters. The molecule has 3 aromatic rings. The molecule has 0 atom stereocenters. The summed E-state index contributed by atoms with van der Waals surface area (Å²) in [6.07, 6.45) is 0.378. The van der Waals surface area contributed by atoms with Crippen LogP contribution in [0.25, 0.3) is 10.2 Å². The molecule has 0 fully saturated rings. The zero-order valence-corrected chi connectivity index (χ0v) is 14.8. The zero-order chi connectivity index (χ0) is 16.9. The predicted octanol–water partition coefficient (Wildman–Crippen LogP) is 5.44. The number of hydrogen-bond acceptors (Lipinski definition) is 5. The first-order valence-corrected chi connectivity index (χ1v) is 8.78. The SMILES string of the molecule is CC1(C)CC(=O)c2cc(Nc3nc4ccc(Cl)cc4s3)ccc2O1. The molecule has 6 heteroatoms. The Balaban J connectivity index is 1.65. The van der Waals surface area contributed by atoms with E-state index in [1.165, 1.54) is 11.3 Å². The van der Waals surface area contributed by atoms with Gasteiger partial charge in [0, 0.05) is 10.7 Å². The van der Waals surface area contributed by atoms with E-state index in [0.29, 0.717) is 22.8 Å². The summed E-state index contributed by atoms with van der Waals surface area (Å²) in [6, 6.07) is 11.2. The first kappa shape index (κ1) is 15.4. The number of halogens is 1. The van der Waals surface area contributed by atoms with Crippen molar-refractivity contribution in [2.45, 2.75) is 25.9 Å². The maximum atomic E-state index is 12.3. The minimum atomic E-state index is -0.453. The summed E-state index contributed by atoms with van der Waals surface area (Å²) in [5.41, 5.74) is 1.87. The maximum Gasteiger partial charge on any atom is 0.188 e. The zero-order valence-electron chi connectivity index (χ0n) is 13.2. The number of fused-ring (bicyclic) bond motifs is 2. The summed E-state index contributed by atoms with van der Waals surface area (Å²) in [5.74, 6) is 0.735. The quantitative estimate of drug-likeness (QED) is 0.663. The topological polar surface area (TPSA) is 51.2 Å². The van der Waals surface area contributed by atoms with Crippen LogP contribution in [0.5, 0.6) is 5.75 Å². The number of hydrogen-bond donors (Lipinski definition) is 1. The number of thiazole rings is 1. The number of aromatic nitrogens is 1. The monoisotopic (exact) mass is 358 g/mol. The van der Waals surface area contributed by atoms with Crippen molar-refractivity contribution < 1.29 is 9.53 Å². The molecule has 0 saturated carbocycles. The van der Waals surface area contributed by atoms with Crippen LogP contribution in [0, 0.1) is 0 Å². The molecule has 0 spiro atoms. The van der Waals surface area contributed by atoms with E-state index in [0.717, 1.165) is 21.0 Å². The maximum absolute atomic E-state index is 12.3. The largest absolute Gasteiger partial charge is 0.487 e. The molecule has 1 aliphatic rings. The summed E-state index contributed by atoms with van der Waals surface area (Å²) in [4.78, 5) is 16.9. The van der Waals surface area contributed by atoms with E-state index < -0.39 is 5.60 Å². The highest BCUT2D eigenvalue weighted by atomic mass is 35.5. The van der Waals surface area contributed by atoms with E-state index in [9.17, 15) is 4.79 Å². The van der Waals surface area contributed by atoms with E-state index in [4.69, 9.17) is 16.3 Å². The van der Waals surface area contributed by atoms with E-state index in [-0.39, 0.29) is 5.78 Å². The number of benzene rings is 2. The normalized spacial score (nSPS) is 15.9. The van der Waals surface area contributed by atoms with Gasteiger partial charge in [0.1, 0.15) is 11.4 Å². The number of carbonyl (C=O) groups excluding carboxylic acids is 1. The Kier molecular flexibility index (Phi) is 3.51.